The van der Waals surface area contributed by atoms with Gasteiger partial charge in [0.1, 0.15) is 0 Å². The third kappa shape index (κ3) is 2.61. The summed E-state index contributed by atoms with van der Waals surface area (Å²) in [5.41, 5.74) is 0.721. The van der Waals surface area contributed by atoms with Crippen LogP contribution in [0.25, 0.3) is 0 Å². The Morgan fingerprint density at radius 2 is 1.94 bits per heavy atom. The lowest BCUT2D eigenvalue weighted by atomic mass is 10.2. The standard InChI is InChI=1S/C11H17NO3S/c1-3-12(8-9-13)16(14,15)11-7-5-4-6-10(11)2/h4-7,13H,3,8-9H2,1-2H3. The molecule has 1 rings (SSSR count). The first kappa shape index (κ1) is 13.2. The van der Waals surface area contributed by atoms with E-state index in [1.165, 1.54) is 4.31 Å². The summed E-state index contributed by atoms with van der Waals surface area (Å²) in [6.45, 7) is 3.84. The van der Waals surface area contributed by atoms with E-state index in [4.69, 9.17) is 5.11 Å². The van der Waals surface area contributed by atoms with Crippen LogP contribution in [0.2, 0.25) is 0 Å². The van der Waals surface area contributed by atoms with Gasteiger partial charge in [-0.1, -0.05) is 25.1 Å². The van der Waals surface area contributed by atoms with E-state index < -0.39 is 10.0 Å². The minimum absolute atomic E-state index is 0.132. The van der Waals surface area contributed by atoms with Crippen LogP contribution in [0.3, 0.4) is 0 Å². The van der Waals surface area contributed by atoms with E-state index in [9.17, 15) is 8.42 Å². The number of benzene rings is 1. The van der Waals surface area contributed by atoms with Crippen LogP contribution in [-0.4, -0.2) is 37.5 Å². The molecule has 0 aliphatic rings. The van der Waals surface area contributed by atoms with Crippen molar-refractivity contribution in [2.45, 2.75) is 18.7 Å². The lowest BCUT2D eigenvalue weighted by Gasteiger charge is -2.20. The third-order valence-corrected chi connectivity index (χ3v) is 4.55. The van der Waals surface area contributed by atoms with Gasteiger partial charge in [-0.15, -0.1) is 0 Å². The highest BCUT2D eigenvalue weighted by Gasteiger charge is 2.23. The summed E-state index contributed by atoms with van der Waals surface area (Å²) in [7, 11) is -3.47. The Balaban J connectivity index is 3.15. The van der Waals surface area contributed by atoms with E-state index in [-0.39, 0.29) is 13.2 Å². The summed E-state index contributed by atoms with van der Waals surface area (Å²) >= 11 is 0. The molecular formula is C11H17NO3S. The zero-order valence-electron chi connectivity index (χ0n) is 9.55. The molecule has 0 amide bonds. The lowest BCUT2D eigenvalue weighted by molar-refractivity contribution is 0.257. The van der Waals surface area contributed by atoms with Gasteiger partial charge in [-0.3, -0.25) is 0 Å². The molecular weight excluding hydrogens is 226 g/mol. The first-order valence-corrected chi connectivity index (χ1v) is 6.64. The van der Waals surface area contributed by atoms with Crippen LogP contribution < -0.4 is 0 Å². The van der Waals surface area contributed by atoms with Gasteiger partial charge >= 0.3 is 0 Å². The highest BCUT2D eigenvalue weighted by Crippen LogP contribution is 2.18. The van der Waals surface area contributed by atoms with E-state index in [0.717, 1.165) is 5.56 Å². The monoisotopic (exact) mass is 243 g/mol. The Bertz CT molecular complexity index is 442. The number of aliphatic hydroxyl groups is 1. The van der Waals surface area contributed by atoms with Crippen LogP contribution in [0.4, 0.5) is 0 Å². The van der Waals surface area contributed by atoms with Crippen molar-refractivity contribution in [2.75, 3.05) is 19.7 Å². The van der Waals surface area contributed by atoms with Gasteiger partial charge in [0.2, 0.25) is 10.0 Å². The molecule has 0 atom stereocenters. The SMILES string of the molecule is CCN(CCO)S(=O)(=O)c1ccccc1C. The predicted molar refractivity (Wildman–Crippen MR) is 62.7 cm³/mol. The molecule has 0 spiro atoms. The van der Waals surface area contributed by atoms with Crippen molar-refractivity contribution in [3.63, 3.8) is 0 Å². The molecule has 5 heteroatoms. The Kier molecular flexibility index (Phi) is 4.46. The Morgan fingerprint density at radius 1 is 1.31 bits per heavy atom. The zero-order valence-corrected chi connectivity index (χ0v) is 10.4. The van der Waals surface area contributed by atoms with Crippen molar-refractivity contribution in [2.24, 2.45) is 0 Å². The van der Waals surface area contributed by atoms with Crippen LogP contribution in [0, 0.1) is 6.92 Å². The molecule has 4 nitrogen and oxygen atoms in total. The van der Waals surface area contributed by atoms with Gasteiger partial charge in [0.15, 0.2) is 0 Å². The van der Waals surface area contributed by atoms with Crippen molar-refractivity contribution in [1.29, 1.82) is 0 Å². The third-order valence-electron chi connectivity index (χ3n) is 2.41. The number of aryl methyl sites for hydroxylation is 1. The molecule has 0 saturated heterocycles. The van der Waals surface area contributed by atoms with E-state index in [1.54, 1.807) is 38.1 Å². The van der Waals surface area contributed by atoms with E-state index in [0.29, 0.717) is 11.4 Å². The smallest absolute Gasteiger partial charge is 0.243 e. The molecule has 0 heterocycles. The van der Waals surface area contributed by atoms with E-state index in [1.807, 2.05) is 0 Å². The van der Waals surface area contributed by atoms with Gasteiger partial charge < -0.3 is 5.11 Å². The fourth-order valence-corrected chi connectivity index (χ4v) is 3.21. The number of hydrogen-bond donors (Lipinski definition) is 1. The Morgan fingerprint density at radius 3 is 2.44 bits per heavy atom. The quantitative estimate of drug-likeness (QED) is 0.839. The molecule has 1 N–H and O–H groups in total. The van der Waals surface area contributed by atoms with E-state index in [2.05, 4.69) is 0 Å². The minimum atomic E-state index is -3.47. The van der Waals surface area contributed by atoms with Crippen molar-refractivity contribution in [3.05, 3.63) is 29.8 Å². The number of hydrogen-bond acceptors (Lipinski definition) is 3. The van der Waals surface area contributed by atoms with Gasteiger partial charge in [-0.2, -0.15) is 4.31 Å². The van der Waals surface area contributed by atoms with Crippen molar-refractivity contribution in [1.82, 2.24) is 4.31 Å². The van der Waals surface area contributed by atoms with E-state index >= 15 is 0 Å². The van der Waals surface area contributed by atoms with Gasteiger partial charge in [0, 0.05) is 13.1 Å². The maximum atomic E-state index is 12.2. The van der Waals surface area contributed by atoms with Crippen LogP contribution >= 0.6 is 0 Å². The molecule has 0 aromatic heterocycles. The van der Waals surface area contributed by atoms with Crippen LogP contribution in [0.15, 0.2) is 29.2 Å². The van der Waals surface area contributed by atoms with Gasteiger partial charge in [0.05, 0.1) is 11.5 Å². The second kappa shape index (κ2) is 5.43. The topological polar surface area (TPSA) is 57.6 Å². The maximum Gasteiger partial charge on any atom is 0.243 e. The molecule has 0 aliphatic heterocycles. The molecule has 0 radical (unpaired) electrons. The molecule has 0 fully saturated rings. The van der Waals surface area contributed by atoms with Gasteiger partial charge in [-0.05, 0) is 18.6 Å². The summed E-state index contributed by atoms with van der Waals surface area (Å²) in [5, 5.41) is 8.84. The van der Waals surface area contributed by atoms with Gasteiger partial charge in [-0.25, -0.2) is 8.42 Å². The molecule has 0 bridgehead atoms. The average Bonchev–Trinajstić information content (AvgIpc) is 2.26. The predicted octanol–water partition coefficient (Wildman–Crippen LogP) is 0.998. The summed E-state index contributed by atoms with van der Waals surface area (Å²) in [6.07, 6.45) is 0. The summed E-state index contributed by atoms with van der Waals surface area (Å²) in [6, 6.07) is 6.85. The number of sulfonamides is 1. The summed E-state index contributed by atoms with van der Waals surface area (Å²) in [4.78, 5) is 0.310. The highest BCUT2D eigenvalue weighted by atomic mass is 32.2. The van der Waals surface area contributed by atoms with Crippen molar-refractivity contribution in [3.8, 4) is 0 Å². The minimum Gasteiger partial charge on any atom is -0.395 e. The average molecular weight is 243 g/mol. The fourth-order valence-electron chi connectivity index (χ4n) is 1.54. The normalized spacial score (nSPS) is 12.0. The van der Waals surface area contributed by atoms with Crippen LogP contribution in [0.5, 0.6) is 0 Å². The van der Waals surface area contributed by atoms with Crippen molar-refractivity contribution >= 4 is 10.0 Å². The second-order valence-corrected chi connectivity index (χ2v) is 5.39. The molecule has 16 heavy (non-hydrogen) atoms. The number of aliphatic hydroxyl groups excluding tert-OH is 1. The summed E-state index contributed by atoms with van der Waals surface area (Å²) in [5.74, 6) is 0. The van der Waals surface area contributed by atoms with Crippen molar-refractivity contribution < 1.29 is 13.5 Å². The molecule has 1 aromatic rings. The molecule has 0 unspecified atom stereocenters. The first-order chi connectivity index (χ1) is 7.54. The first-order valence-electron chi connectivity index (χ1n) is 5.20. The Labute approximate surface area is 96.6 Å². The second-order valence-electron chi connectivity index (χ2n) is 3.49. The fraction of sp³-hybridized carbons (Fsp3) is 0.455. The van der Waals surface area contributed by atoms with Crippen LogP contribution in [-0.2, 0) is 10.0 Å². The maximum absolute atomic E-state index is 12.2. The van der Waals surface area contributed by atoms with Gasteiger partial charge in [0.25, 0.3) is 0 Å². The molecule has 0 aliphatic carbocycles. The zero-order chi connectivity index (χ0) is 12.2. The molecule has 0 saturated carbocycles. The van der Waals surface area contributed by atoms with Crippen LogP contribution in [0.1, 0.15) is 12.5 Å². The number of likely N-dealkylation sites (N-methyl/N-ethyl adjacent to an activating group) is 1. The molecule has 1 aromatic carbocycles. The highest BCUT2D eigenvalue weighted by molar-refractivity contribution is 7.89. The number of nitrogens with zero attached hydrogens (tertiary/aromatic N) is 1. The largest absolute Gasteiger partial charge is 0.395 e. The lowest BCUT2D eigenvalue weighted by Crippen LogP contribution is -2.33. The summed E-state index contributed by atoms with van der Waals surface area (Å²) < 4.78 is 25.7. The Hall–Kier alpha value is -0.910. The number of rotatable bonds is 5. The molecule has 90 valence electrons.